The van der Waals surface area contributed by atoms with Crippen LogP contribution in [0, 0.1) is 6.92 Å². The number of fused-ring (bicyclic) bond motifs is 11. The molecule has 314 valence electrons. The van der Waals surface area contributed by atoms with Crippen molar-refractivity contribution in [2.45, 2.75) is 65.4 Å². The minimum Gasteiger partial charge on any atom is -0.340 e. The summed E-state index contributed by atoms with van der Waals surface area (Å²) in [6.07, 6.45) is 2.95. The Kier molecular flexibility index (Phi) is 8.89. The average molecular weight is 873 g/mol. The van der Waals surface area contributed by atoms with Crippen molar-refractivity contribution in [2.24, 2.45) is 0 Å². The third-order valence-corrected chi connectivity index (χ3v) is 17.0. The van der Waals surface area contributed by atoms with Gasteiger partial charge in [-0.15, -0.1) is 22.7 Å². The highest BCUT2D eigenvalue weighted by Gasteiger charge is 2.39. The lowest BCUT2D eigenvalue weighted by molar-refractivity contribution is 0.590. The van der Waals surface area contributed by atoms with E-state index in [-0.39, 0.29) is 12.1 Å². The van der Waals surface area contributed by atoms with Gasteiger partial charge in [0, 0.05) is 49.3 Å². The summed E-state index contributed by atoms with van der Waals surface area (Å²) in [5, 5.41) is 5.60. The third-order valence-electron chi connectivity index (χ3n) is 14.7. The maximum absolute atomic E-state index is 2.74. The molecule has 0 N–H and O–H groups in total. The number of aromatic nitrogens is 1. The van der Waals surface area contributed by atoms with Crippen LogP contribution < -0.4 is 15.8 Å². The molecule has 2 aliphatic heterocycles. The first-order chi connectivity index (χ1) is 31.8. The van der Waals surface area contributed by atoms with E-state index in [9.17, 15) is 0 Å². The third kappa shape index (κ3) is 6.12. The minimum atomic E-state index is 0.0261. The Balaban J connectivity index is 1.11. The normalized spacial score (nSPS) is 13.9. The molecule has 13 rings (SSSR count). The fourth-order valence-electron chi connectivity index (χ4n) is 11.6. The summed E-state index contributed by atoms with van der Waals surface area (Å²) >= 11 is 3.91. The zero-order chi connectivity index (χ0) is 43.6. The Morgan fingerprint density at radius 2 is 1.29 bits per heavy atom. The molecule has 65 heavy (non-hydrogen) atoms. The van der Waals surface area contributed by atoms with E-state index in [1.54, 1.807) is 0 Å². The highest BCUT2D eigenvalue weighted by molar-refractivity contribution is 7.27. The maximum Gasteiger partial charge on any atom is 0.217 e. The molecule has 0 saturated carbocycles. The van der Waals surface area contributed by atoms with Crippen LogP contribution in [0.25, 0.3) is 73.6 Å². The molecule has 0 spiro atoms. The van der Waals surface area contributed by atoms with Gasteiger partial charge in [-0.2, -0.15) is 0 Å². The number of para-hydroxylation sites is 1. The van der Waals surface area contributed by atoms with E-state index in [1.807, 2.05) is 22.7 Å². The summed E-state index contributed by atoms with van der Waals surface area (Å²) in [6.45, 7) is 11.1. The van der Waals surface area contributed by atoms with E-state index < -0.39 is 0 Å². The summed E-state index contributed by atoms with van der Waals surface area (Å²) < 4.78 is 8.28. The Bertz CT molecular complexity index is 3710. The van der Waals surface area contributed by atoms with Crippen molar-refractivity contribution in [3.8, 4) is 22.3 Å². The molecule has 0 fully saturated rings. The lowest BCUT2D eigenvalue weighted by atomic mass is 9.35. The maximum atomic E-state index is 2.74. The van der Waals surface area contributed by atoms with E-state index in [1.165, 1.54) is 124 Å². The van der Waals surface area contributed by atoms with E-state index >= 15 is 0 Å². The lowest BCUT2D eigenvalue weighted by Gasteiger charge is -2.40. The lowest BCUT2D eigenvalue weighted by Crippen LogP contribution is -2.53. The predicted octanol–water partition coefficient (Wildman–Crippen LogP) is 15.4. The molecule has 2 nitrogen and oxygen atoms in total. The number of anilines is 2. The van der Waals surface area contributed by atoms with Crippen molar-refractivity contribution in [3.63, 3.8) is 0 Å². The number of aryl methyl sites for hydroxylation is 4. The first kappa shape index (κ1) is 39.0. The quantitative estimate of drug-likeness (QED) is 0.160. The molecule has 0 saturated heterocycles. The molecule has 0 unspecified atom stereocenters. The fraction of sp³-hybridized carbons (Fsp3) is 0.167. The standard InChI is InChI=1S/C60H49BN2S2/c1-37-15-8-9-19-44(37)42-33-40-26-25-39-18-14-22-47-57(39)62(58-46-21-11-13-24-52(46)65-59(47)58)32-31-61-55(40)50(34-42)63(49-29-30-53-54(56(49)61)45-20-10-12-23-51(45)64-53)36-41-27-28-43(60(2,3)4)35-48(41)38-16-6-5-7-17-38/h5-24,27-30,33-35H,25-26,31-32,36H2,1-4H3. The number of benzene rings is 8. The van der Waals surface area contributed by atoms with Crippen LogP contribution in [0.1, 0.15) is 48.6 Å². The highest BCUT2D eigenvalue weighted by Crippen LogP contribution is 2.46. The van der Waals surface area contributed by atoms with Crippen molar-refractivity contribution in [2.75, 3.05) is 4.90 Å². The molecule has 0 aliphatic carbocycles. The molecule has 0 amide bonds. The second-order valence-corrected chi connectivity index (χ2v) is 21.6. The number of hydrogen-bond donors (Lipinski definition) is 0. The molecule has 0 atom stereocenters. The first-order valence-corrected chi connectivity index (χ1v) is 25.0. The van der Waals surface area contributed by atoms with Gasteiger partial charge in [-0.3, -0.25) is 0 Å². The van der Waals surface area contributed by atoms with Crippen molar-refractivity contribution < 1.29 is 0 Å². The van der Waals surface area contributed by atoms with Gasteiger partial charge in [0.25, 0.3) is 0 Å². The van der Waals surface area contributed by atoms with Gasteiger partial charge in [-0.05, 0) is 128 Å². The summed E-state index contributed by atoms with van der Waals surface area (Å²) in [4.78, 5) is 2.73. The summed E-state index contributed by atoms with van der Waals surface area (Å²) in [7, 11) is 0. The van der Waals surface area contributed by atoms with Gasteiger partial charge >= 0.3 is 0 Å². The van der Waals surface area contributed by atoms with E-state index in [0.29, 0.717) is 0 Å². The van der Waals surface area contributed by atoms with Gasteiger partial charge in [0.15, 0.2) is 0 Å². The van der Waals surface area contributed by atoms with Gasteiger partial charge in [0.2, 0.25) is 6.71 Å². The molecule has 0 radical (unpaired) electrons. The van der Waals surface area contributed by atoms with Gasteiger partial charge in [-0.1, -0.05) is 160 Å². The number of nitrogens with zero attached hydrogens (tertiary/aromatic N) is 2. The number of thiophene rings is 2. The first-order valence-electron chi connectivity index (χ1n) is 23.3. The SMILES string of the molecule is Cc1ccccc1-c1cc2c3c(c1)N(Cc1ccc(C(C)(C)C)cc1-c1ccccc1)c1ccc4sc5ccccc5c4c1B3CCn1c3c(cccc3c3sc4ccccc4c31)CC2. The van der Waals surface area contributed by atoms with Crippen LogP contribution in [0.4, 0.5) is 11.4 Å². The van der Waals surface area contributed by atoms with Crippen molar-refractivity contribution in [1.82, 2.24) is 4.57 Å². The molecule has 5 heterocycles. The molecule has 2 aliphatic rings. The predicted molar refractivity (Wildman–Crippen MR) is 284 cm³/mol. The monoisotopic (exact) mass is 872 g/mol. The zero-order valence-electron chi connectivity index (χ0n) is 37.4. The van der Waals surface area contributed by atoms with Gasteiger partial charge < -0.3 is 9.47 Å². The zero-order valence-corrected chi connectivity index (χ0v) is 39.0. The van der Waals surface area contributed by atoms with Crippen LogP contribution >= 0.6 is 22.7 Å². The number of rotatable bonds is 4. The molecule has 8 aromatic carbocycles. The van der Waals surface area contributed by atoms with Crippen molar-refractivity contribution in [1.29, 1.82) is 0 Å². The topological polar surface area (TPSA) is 8.17 Å². The second-order valence-electron chi connectivity index (χ2n) is 19.5. The Hall–Kier alpha value is -6.40. The van der Waals surface area contributed by atoms with Crippen molar-refractivity contribution >= 4 is 103 Å². The highest BCUT2D eigenvalue weighted by atomic mass is 32.1. The van der Waals surface area contributed by atoms with E-state index in [0.717, 1.165) is 32.3 Å². The minimum absolute atomic E-state index is 0.0261. The van der Waals surface area contributed by atoms with E-state index in [4.69, 9.17) is 0 Å². The smallest absolute Gasteiger partial charge is 0.217 e. The van der Waals surface area contributed by atoms with Crippen LogP contribution in [-0.2, 0) is 31.3 Å². The van der Waals surface area contributed by atoms with E-state index in [2.05, 4.69) is 201 Å². The van der Waals surface area contributed by atoms with Crippen LogP contribution in [0.15, 0.2) is 164 Å². The summed E-state index contributed by atoms with van der Waals surface area (Å²) in [5.74, 6) is 0. The summed E-state index contributed by atoms with van der Waals surface area (Å²) in [5.41, 5.74) is 20.7. The van der Waals surface area contributed by atoms with Gasteiger partial charge in [0.1, 0.15) is 0 Å². The van der Waals surface area contributed by atoms with Gasteiger partial charge in [0.05, 0.1) is 15.7 Å². The van der Waals surface area contributed by atoms with Crippen LogP contribution in [-0.4, -0.2) is 11.3 Å². The van der Waals surface area contributed by atoms with Crippen LogP contribution in [0.3, 0.4) is 0 Å². The molecule has 0 bridgehead atoms. The van der Waals surface area contributed by atoms with Gasteiger partial charge in [-0.25, -0.2) is 0 Å². The van der Waals surface area contributed by atoms with Crippen LogP contribution in [0.2, 0.25) is 6.32 Å². The molecule has 11 aromatic rings. The fourth-order valence-corrected chi connectivity index (χ4v) is 14.0. The Morgan fingerprint density at radius 3 is 2.12 bits per heavy atom. The van der Waals surface area contributed by atoms with Crippen LogP contribution in [0.5, 0.6) is 0 Å². The number of hydrogen-bond acceptors (Lipinski definition) is 3. The Morgan fingerprint density at radius 1 is 0.554 bits per heavy atom. The average Bonchev–Trinajstić information content (AvgIpc) is 4.00. The summed E-state index contributed by atoms with van der Waals surface area (Å²) in [6, 6.07) is 62.7. The second kappa shape index (κ2) is 14.8. The van der Waals surface area contributed by atoms with Crippen molar-refractivity contribution in [3.05, 3.63) is 192 Å². The largest absolute Gasteiger partial charge is 0.340 e. The Labute approximate surface area is 389 Å². The molecule has 3 aromatic heterocycles. The molecule has 5 heteroatoms. The molecular weight excluding hydrogens is 824 g/mol. The molecular formula is C60H49BN2S2.